The Kier molecular flexibility index (Phi) is 5.88. The molecule has 1 aromatic carbocycles. The zero-order chi connectivity index (χ0) is 19.7. The number of fused-ring (bicyclic) bond motifs is 1. The number of aromatic nitrogens is 2. The summed E-state index contributed by atoms with van der Waals surface area (Å²) in [4.78, 5) is 11.7. The molecule has 2 aromatic rings. The van der Waals surface area contributed by atoms with Gasteiger partial charge in [0.2, 0.25) is 5.96 Å². The third kappa shape index (κ3) is 4.04. The molecular weight excluding hydrogens is 467 g/mol. The molecule has 0 amide bonds. The van der Waals surface area contributed by atoms with E-state index in [0.29, 0.717) is 18.5 Å². The molecule has 0 radical (unpaired) electrons. The highest BCUT2D eigenvalue weighted by Gasteiger charge is 2.32. The largest absolute Gasteiger partial charge is 0.369 e. The fraction of sp³-hybridized carbons (Fsp3) is 0.500. The van der Waals surface area contributed by atoms with E-state index < -0.39 is 0 Å². The lowest BCUT2D eigenvalue weighted by molar-refractivity contribution is -0.0672. The normalized spacial score (nSPS) is 23.6. The number of nitrogens with one attached hydrogen (secondary N) is 1. The van der Waals surface area contributed by atoms with Crippen LogP contribution in [0.4, 0.5) is 0 Å². The minimum atomic E-state index is 0.0159. The molecule has 0 saturated carbocycles. The molecule has 28 heavy (non-hydrogen) atoms. The number of rotatable bonds is 5. The molecule has 4 rings (SSSR count). The van der Waals surface area contributed by atoms with Crippen molar-refractivity contribution in [2.75, 3.05) is 18.5 Å². The van der Waals surface area contributed by atoms with Crippen molar-refractivity contribution in [3.8, 4) is 0 Å². The number of nitrogens with two attached hydrogens (primary N) is 1. The van der Waals surface area contributed by atoms with Gasteiger partial charge in [-0.05, 0) is 54.8 Å². The number of imidazole rings is 1. The summed E-state index contributed by atoms with van der Waals surface area (Å²) in [5, 5.41) is 0. The molecule has 2 aliphatic rings. The maximum atomic E-state index is 6.15. The Balaban J connectivity index is 1.45. The lowest BCUT2D eigenvalue weighted by Crippen LogP contribution is -2.43. The van der Waals surface area contributed by atoms with Crippen LogP contribution in [0.5, 0.6) is 0 Å². The Hall–Kier alpha value is -1.65. The Bertz CT molecular complexity index is 852. The number of guanidine groups is 1. The number of hydrogen-bond donors (Lipinski definition) is 2. The predicted molar refractivity (Wildman–Crippen MR) is 119 cm³/mol. The first-order valence-corrected chi connectivity index (χ1v) is 10.9. The van der Waals surface area contributed by atoms with E-state index in [1.165, 1.54) is 5.56 Å². The SMILES string of the molecule is CC1N=C(N)Nn2c([C@@H]3CCCN(C(C)OCc4ccccc4)C3)nc(I)c21. The van der Waals surface area contributed by atoms with Gasteiger partial charge in [0.05, 0.1) is 18.3 Å². The standard InChI is InChI=1S/C20H27IN6O/c1-13-17-18(21)24-19(27(17)25-20(22)23-13)16-9-6-10-26(11-16)14(2)28-12-15-7-4-3-5-8-15/h3-5,7-8,13-14,16H,6,9-12H2,1-2H3,(H3,22,23,25)/t13?,14?,16-/m1/s1. The van der Waals surface area contributed by atoms with Gasteiger partial charge in [-0.25, -0.2) is 14.7 Å². The molecule has 0 bridgehead atoms. The second-order valence-corrected chi connectivity index (χ2v) is 8.54. The molecule has 1 aromatic heterocycles. The first-order chi connectivity index (χ1) is 13.5. The van der Waals surface area contributed by atoms with E-state index in [-0.39, 0.29) is 12.3 Å². The van der Waals surface area contributed by atoms with Crippen molar-refractivity contribution in [3.05, 3.63) is 51.1 Å². The van der Waals surface area contributed by atoms with Crippen LogP contribution in [-0.2, 0) is 11.3 Å². The average molecular weight is 494 g/mol. The summed E-state index contributed by atoms with van der Waals surface area (Å²) < 4.78 is 9.19. The number of halogens is 1. The molecule has 2 unspecified atom stereocenters. The molecule has 3 heterocycles. The molecule has 3 atom stereocenters. The van der Waals surface area contributed by atoms with Crippen LogP contribution in [0.2, 0.25) is 0 Å². The van der Waals surface area contributed by atoms with E-state index in [0.717, 1.165) is 41.2 Å². The van der Waals surface area contributed by atoms with E-state index >= 15 is 0 Å². The zero-order valence-corrected chi connectivity index (χ0v) is 18.5. The molecule has 1 fully saturated rings. The van der Waals surface area contributed by atoms with Crippen molar-refractivity contribution in [2.24, 2.45) is 10.7 Å². The van der Waals surface area contributed by atoms with Gasteiger partial charge in [0, 0.05) is 19.0 Å². The summed E-state index contributed by atoms with van der Waals surface area (Å²) in [5.74, 6) is 1.83. The molecule has 0 aliphatic carbocycles. The number of piperidine rings is 1. The van der Waals surface area contributed by atoms with Gasteiger partial charge in [-0.2, -0.15) is 0 Å². The van der Waals surface area contributed by atoms with E-state index in [4.69, 9.17) is 15.5 Å². The van der Waals surface area contributed by atoms with Crippen LogP contribution < -0.4 is 11.2 Å². The third-order valence-corrected chi connectivity index (χ3v) is 6.31. The molecule has 7 nitrogen and oxygen atoms in total. The van der Waals surface area contributed by atoms with Gasteiger partial charge in [-0.1, -0.05) is 30.3 Å². The van der Waals surface area contributed by atoms with Gasteiger partial charge in [-0.15, -0.1) is 0 Å². The average Bonchev–Trinajstić information content (AvgIpc) is 3.03. The van der Waals surface area contributed by atoms with Crippen molar-refractivity contribution in [1.29, 1.82) is 0 Å². The Morgan fingerprint density at radius 2 is 2.14 bits per heavy atom. The number of ether oxygens (including phenoxy) is 1. The molecule has 2 aliphatic heterocycles. The van der Waals surface area contributed by atoms with E-state index in [2.05, 4.69) is 68.6 Å². The summed E-state index contributed by atoms with van der Waals surface area (Å²) in [6, 6.07) is 10.3. The maximum absolute atomic E-state index is 6.15. The van der Waals surface area contributed by atoms with Crippen molar-refractivity contribution >= 4 is 28.6 Å². The topological polar surface area (TPSA) is 80.7 Å². The number of nitrogens with zero attached hydrogens (tertiary/aromatic N) is 4. The Morgan fingerprint density at radius 3 is 2.93 bits per heavy atom. The van der Waals surface area contributed by atoms with Crippen molar-refractivity contribution in [2.45, 2.75) is 51.5 Å². The molecule has 150 valence electrons. The zero-order valence-electron chi connectivity index (χ0n) is 16.3. The lowest BCUT2D eigenvalue weighted by Gasteiger charge is -2.36. The lowest BCUT2D eigenvalue weighted by atomic mass is 9.97. The first-order valence-electron chi connectivity index (χ1n) is 9.81. The van der Waals surface area contributed by atoms with E-state index in [1.54, 1.807) is 0 Å². The van der Waals surface area contributed by atoms with Crippen LogP contribution in [0.25, 0.3) is 0 Å². The first kappa shape index (κ1) is 19.7. The molecule has 3 N–H and O–H groups in total. The van der Waals surface area contributed by atoms with Gasteiger partial charge in [0.15, 0.2) is 0 Å². The highest BCUT2D eigenvalue weighted by atomic mass is 127. The second kappa shape index (κ2) is 8.38. The minimum Gasteiger partial charge on any atom is -0.369 e. The van der Waals surface area contributed by atoms with Crippen LogP contribution in [-0.4, -0.2) is 39.8 Å². The van der Waals surface area contributed by atoms with Gasteiger partial charge in [0.25, 0.3) is 0 Å². The monoisotopic (exact) mass is 494 g/mol. The summed E-state index contributed by atoms with van der Waals surface area (Å²) >= 11 is 2.30. The third-order valence-electron chi connectivity index (χ3n) is 5.52. The molecule has 0 spiro atoms. The number of likely N-dealkylation sites (tertiary alicyclic amines) is 1. The van der Waals surface area contributed by atoms with Crippen molar-refractivity contribution in [1.82, 2.24) is 14.6 Å². The van der Waals surface area contributed by atoms with Crippen LogP contribution in [0.3, 0.4) is 0 Å². The molecule has 8 heteroatoms. The number of hydrogen-bond acceptors (Lipinski definition) is 6. The van der Waals surface area contributed by atoms with E-state index in [1.807, 2.05) is 18.2 Å². The van der Waals surface area contributed by atoms with E-state index in [9.17, 15) is 0 Å². The van der Waals surface area contributed by atoms with Gasteiger partial charge < -0.3 is 10.5 Å². The molecule has 1 saturated heterocycles. The highest BCUT2D eigenvalue weighted by molar-refractivity contribution is 14.1. The summed E-state index contributed by atoms with van der Waals surface area (Å²) in [6.07, 6.45) is 2.31. The quantitative estimate of drug-likeness (QED) is 0.625. The summed E-state index contributed by atoms with van der Waals surface area (Å²) in [7, 11) is 0. The van der Waals surface area contributed by atoms with Crippen molar-refractivity contribution < 1.29 is 4.74 Å². The van der Waals surface area contributed by atoms with Gasteiger partial charge in [-0.3, -0.25) is 10.3 Å². The fourth-order valence-electron chi connectivity index (χ4n) is 4.03. The molecular formula is C20H27IN6O. The van der Waals surface area contributed by atoms with Crippen molar-refractivity contribution in [3.63, 3.8) is 0 Å². The summed E-state index contributed by atoms with van der Waals surface area (Å²) in [6.45, 7) is 6.80. The van der Waals surface area contributed by atoms with Crippen LogP contribution in [0.15, 0.2) is 35.3 Å². The fourth-order valence-corrected chi connectivity index (χ4v) is 4.97. The number of benzene rings is 1. The van der Waals surface area contributed by atoms with Gasteiger partial charge in [0.1, 0.15) is 15.8 Å². The predicted octanol–water partition coefficient (Wildman–Crippen LogP) is 3.16. The second-order valence-electron chi connectivity index (χ2n) is 7.51. The minimum absolute atomic E-state index is 0.0159. The van der Waals surface area contributed by atoms with Crippen LogP contribution in [0.1, 0.15) is 55.7 Å². The smallest absolute Gasteiger partial charge is 0.208 e. The maximum Gasteiger partial charge on any atom is 0.208 e. The Morgan fingerprint density at radius 1 is 1.36 bits per heavy atom. The van der Waals surface area contributed by atoms with Gasteiger partial charge >= 0.3 is 0 Å². The highest BCUT2D eigenvalue weighted by Crippen LogP contribution is 2.33. The summed E-state index contributed by atoms with van der Waals surface area (Å²) in [5.41, 5.74) is 11.5. The Labute approximate surface area is 179 Å². The number of aliphatic imine (C=N–C) groups is 1. The van der Waals surface area contributed by atoms with Crippen LogP contribution >= 0.6 is 22.6 Å². The van der Waals surface area contributed by atoms with Crippen LogP contribution in [0, 0.1) is 3.70 Å².